The average molecular weight is 285 g/mol. The fourth-order valence-corrected chi connectivity index (χ4v) is 2.65. The molecule has 116 valence electrons. The third-order valence-electron chi connectivity index (χ3n) is 3.98. The highest BCUT2D eigenvalue weighted by Gasteiger charge is 2.35. The first-order valence-electron chi connectivity index (χ1n) is 7.19. The Balaban J connectivity index is 2.70. The number of nitrogens with two attached hydrogens (primary N) is 1. The minimum atomic E-state index is -0.0725. The predicted molar refractivity (Wildman–Crippen MR) is 77.0 cm³/mol. The summed E-state index contributed by atoms with van der Waals surface area (Å²) < 4.78 is 5.04. The Labute approximate surface area is 121 Å². The van der Waals surface area contributed by atoms with Gasteiger partial charge in [0.2, 0.25) is 11.8 Å². The molecule has 0 radical (unpaired) electrons. The molecule has 0 heterocycles. The molecule has 2 unspecified atom stereocenters. The van der Waals surface area contributed by atoms with E-state index >= 15 is 0 Å². The lowest BCUT2D eigenvalue weighted by Gasteiger charge is -2.28. The fraction of sp³-hybridized carbons (Fsp3) is 0.857. The number of hydrogen-bond acceptors (Lipinski definition) is 4. The zero-order valence-corrected chi connectivity index (χ0v) is 12.8. The lowest BCUT2D eigenvalue weighted by Crippen LogP contribution is -2.45. The van der Waals surface area contributed by atoms with Gasteiger partial charge in [0.05, 0.1) is 13.2 Å². The summed E-state index contributed by atoms with van der Waals surface area (Å²) in [5.74, 6) is 0.191. The van der Waals surface area contributed by atoms with E-state index < -0.39 is 0 Å². The Morgan fingerprint density at radius 2 is 2.00 bits per heavy atom. The van der Waals surface area contributed by atoms with E-state index in [4.69, 9.17) is 10.5 Å². The molecular weight excluding hydrogens is 258 g/mol. The standard InChI is InChI=1S/C14H27N3O3/c1-16(2)13(18)10-17(7-8-20-3)14(19)12-6-4-5-11(12)9-15/h11-12H,4-10,15H2,1-3H3. The van der Waals surface area contributed by atoms with Gasteiger partial charge in [-0.15, -0.1) is 0 Å². The lowest BCUT2D eigenvalue weighted by molar-refractivity contribution is -0.143. The third-order valence-corrected chi connectivity index (χ3v) is 3.98. The van der Waals surface area contributed by atoms with E-state index in [0.29, 0.717) is 19.7 Å². The second kappa shape index (κ2) is 8.21. The Bertz CT molecular complexity index is 334. The molecule has 0 saturated heterocycles. The van der Waals surface area contributed by atoms with Crippen LogP contribution in [0.15, 0.2) is 0 Å². The molecule has 1 aliphatic carbocycles. The van der Waals surface area contributed by atoms with Gasteiger partial charge in [-0.3, -0.25) is 9.59 Å². The van der Waals surface area contributed by atoms with Gasteiger partial charge in [-0.05, 0) is 25.3 Å². The molecule has 0 bridgehead atoms. The van der Waals surface area contributed by atoms with E-state index in [1.54, 1.807) is 26.1 Å². The van der Waals surface area contributed by atoms with Crippen molar-refractivity contribution in [2.45, 2.75) is 19.3 Å². The van der Waals surface area contributed by atoms with Gasteiger partial charge in [0, 0.05) is 33.7 Å². The van der Waals surface area contributed by atoms with E-state index in [9.17, 15) is 9.59 Å². The van der Waals surface area contributed by atoms with Crippen molar-refractivity contribution in [2.24, 2.45) is 17.6 Å². The second-order valence-electron chi connectivity index (χ2n) is 5.57. The average Bonchev–Trinajstić information content (AvgIpc) is 2.90. The van der Waals surface area contributed by atoms with Crippen molar-refractivity contribution in [1.82, 2.24) is 9.80 Å². The van der Waals surface area contributed by atoms with Crippen molar-refractivity contribution < 1.29 is 14.3 Å². The van der Waals surface area contributed by atoms with Gasteiger partial charge in [0.15, 0.2) is 0 Å². The van der Waals surface area contributed by atoms with Gasteiger partial charge < -0.3 is 20.3 Å². The van der Waals surface area contributed by atoms with Gasteiger partial charge in [-0.25, -0.2) is 0 Å². The number of likely N-dealkylation sites (N-methyl/N-ethyl adjacent to an activating group) is 1. The summed E-state index contributed by atoms with van der Waals surface area (Å²) >= 11 is 0. The van der Waals surface area contributed by atoms with Crippen molar-refractivity contribution >= 4 is 11.8 Å². The maximum atomic E-state index is 12.6. The maximum Gasteiger partial charge on any atom is 0.241 e. The summed E-state index contributed by atoms with van der Waals surface area (Å²) in [5.41, 5.74) is 5.74. The van der Waals surface area contributed by atoms with Gasteiger partial charge >= 0.3 is 0 Å². The van der Waals surface area contributed by atoms with Gasteiger partial charge in [0.1, 0.15) is 0 Å². The van der Waals surface area contributed by atoms with Crippen molar-refractivity contribution in [3.05, 3.63) is 0 Å². The van der Waals surface area contributed by atoms with Crippen LogP contribution in [0.5, 0.6) is 0 Å². The van der Waals surface area contributed by atoms with Crippen LogP contribution < -0.4 is 5.73 Å². The number of carbonyl (C=O) groups is 2. The summed E-state index contributed by atoms with van der Waals surface area (Å²) in [6.45, 7) is 1.54. The number of ether oxygens (including phenoxy) is 1. The molecule has 0 aliphatic heterocycles. The third kappa shape index (κ3) is 4.45. The Kier molecular flexibility index (Phi) is 6.95. The van der Waals surface area contributed by atoms with Crippen molar-refractivity contribution in [3.8, 4) is 0 Å². The number of nitrogens with zero attached hydrogens (tertiary/aromatic N) is 2. The first-order valence-corrected chi connectivity index (χ1v) is 7.19. The van der Waals surface area contributed by atoms with Gasteiger partial charge in [0.25, 0.3) is 0 Å². The highest BCUT2D eigenvalue weighted by atomic mass is 16.5. The molecule has 1 saturated carbocycles. The molecular formula is C14H27N3O3. The van der Waals surface area contributed by atoms with Crippen molar-refractivity contribution in [2.75, 3.05) is 47.4 Å². The molecule has 2 atom stereocenters. The van der Waals surface area contributed by atoms with Crippen molar-refractivity contribution in [1.29, 1.82) is 0 Å². The van der Waals surface area contributed by atoms with Crippen LogP contribution in [0.1, 0.15) is 19.3 Å². The van der Waals surface area contributed by atoms with Crippen LogP contribution in [0.25, 0.3) is 0 Å². The minimum Gasteiger partial charge on any atom is -0.383 e. The number of hydrogen-bond donors (Lipinski definition) is 1. The van der Waals surface area contributed by atoms with Crippen LogP contribution in [-0.4, -0.2) is 69.1 Å². The van der Waals surface area contributed by atoms with Crippen LogP contribution >= 0.6 is 0 Å². The number of rotatable bonds is 7. The molecule has 2 N–H and O–H groups in total. The number of methoxy groups -OCH3 is 1. The summed E-state index contributed by atoms with van der Waals surface area (Å²) in [5, 5.41) is 0. The van der Waals surface area contributed by atoms with E-state index in [1.165, 1.54) is 4.90 Å². The molecule has 1 rings (SSSR count). The maximum absolute atomic E-state index is 12.6. The Morgan fingerprint density at radius 3 is 2.55 bits per heavy atom. The number of carbonyl (C=O) groups excluding carboxylic acids is 2. The second-order valence-corrected chi connectivity index (χ2v) is 5.57. The zero-order chi connectivity index (χ0) is 15.1. The van der Waals surface area contributed by atoms with Crippen LogP contribution in [0.3, 0.4) is 0 Å². The highest BCUT2D eigenvalue weighted by molar-refractivity contribution is 5.86. The molecule has 0 aromatic carbocycles. The summed E-state index contributed by atoms with van der Waals surface area (Å²) in [7, 11) is 4.98. The van der Waals surface area contributed by atoms with Gasteiger partial charge in [-0.2, -0.15) is 0 Å². The van der Waals surface area contributed by atoms with Crippen LogP contribution in [0, 0.1) is 11.8 Å². The van der Waals surface area contributed by atoms with E-state index in [0.717, 1.165) is 19.3 Å². The zero-order valence-electron chi connectivity index (χ0n) is 12.8. The smallest absolute Gasteiger partial charge is 0.241 e. The van der Waals surface area contributed by atoms with Gasteiger partial charge in [-0.1, -0.05) is 6.42 Å². The van der Waals surface area contributed by atoms with E-state index in [1.807, 2.05) is 0 Å². The van der Waals surface area contributed by atoms with Crippen molar-refractivity contribution in [3.63, 3.8) is 0 Å². The monoisotopic (exact) mass is 285 g/mol. The summed E-state index contributed by atoms with van der Waals surface area (Å²) in [6, 6.07) is 0. The normalized spacial score (nSPS) is 21.8. The molecule has 1 fully saturated rings. The number of amides is 2. The lowest BCUT2D eigenvalue weighted by atomic mass is 9.94. The van der Waals surface area contributed by atoms with E-state index in [-0.39, 0.29) is 30.2 Å². The topological polar surface area (TPSA) is 75.9 Å². The molecule has 0 spiro atoms. The summed E-state index contributed by atoms with van der Waals surface area (Å²) in [4.78, 5) is 27.6. The summed E-state index contributed by atoms with van der Waals surface area (Å²) in [6.07, 6.45) is 2.92. The van der Waals surface area contributed by atoms with Crippen LogP contribution in [0.4, 0.5) is 0 Å². The predicted octanol–water partition coefficient (Wildman–Crippen LogP) is -0.0754. The largest absolute Gasteiger partial charge is 0.383 e. The Morgan fingerprint density at radius 1 is 1.30 bits per heavy atom. The quantitative estimate of drug-likeness (QED) is 0.710. The molecule has 1 aliphatic rings. The molecule has 20 heavy (non-hydrogen) atoms. The first kappa shape index (κ1) is 16.9. The fourth-order valence-electron chi connectivity index (χ4n) is 2.65. The Hall–Kier alpha value is -1.14. The molecule has 6 heteroatoms. The van der Waals surface area contributed by atoms with Crippen LogP contribution in [0.2, 0.25) is 0 Å². The van der Waals surface area contributed by atoms with E-state index in [2.05, 4.69) is 0 Å². The molecule has 6 nitrogen and oxygen atoms in total. The van der Waals surface area contributed by atoms with Crippen LogP contribution in [-0.2, 0) is 14.3 Å². The molecule has 0 aromatic heterocycles. The first-order chi connectivity index (χ1) is 9.51. The molecule has 2 amide bonds. The minimum absolute atomic E-state index is 0.0354. The SMILES string of the molecule is COCCN(CC(=O)N(C)C)C(=O)C1CCCC1CN. The molecule has 0 aromatic rings. The highest BCUT2D eigenvalue weighted by Crippen LogP contribution is 2.32.